The minimum Gasteiger partial charge on any atom is -0.0654 e. The second-order valence-electron chi connectivity index (χ2n) is 11.4. The SMILES string of the molecule is CCCCCCc1cc(-c2cc(CCCCCC)c(I)cc2CCCCCC)c(CCCCCC)cc1Br. The zero-order valence-electron chi connectivity index (χ0n) is 25.2. The lowest BCUT2D eigenvalue weighted by Gasteiger charge is -2.20. The normalized spacial score (nSPS) is 11.4. The molecule has 2 heteroatoms. The van der Waals surface area contributed by atoms with Crippen LogP contribution in [0.5, 0.6) is 0 Å². The molecule has 0 heterocycles. The van der Waals surface area contributed by atoms with Gasteiger partial charge in [0.15, 0.2) is 0 Å². The summed E-state index contributed by atoms with van der Waals surface area (Å²) in [5, 5.41) is 0. The summed E-state index contributed by atoms with van der Waals surface area (Å²) >= 11 is 6.62. The molecular formula is C36H56BrI. The maximum Gasteiger partial charge on any atom is 0.0210 e. The highest BCUT2D eigenvalue weighted by atomic mass is 127. The van der Waals surface area contributed by atoms with Crippen molar-refractivity contribution in [2.75, 3.05) is 0 Å². The Morgan fingerprint density at radius 2 is 0.816 bits per heavy atom. The minimum absolute atomic E-state index is 1.18. The van der Waals surface area contributed by atoms with Crippen LogP contribution in [0.1, 0.15) is 153 Å². The highest BCUT2D eigenvalue weighted by Crippen LogP contribution is 2.37. The van der Waals surface area contributed by atoms with E-state index in [1.807, 2.05) is 0 Å². The molecule has 0 N–H and O–H groups in total. The Hall–Kier alpha value is -0.350. The Balaban J connectivity index is 2.49. The molecule has 0 unspecified atom stereocenters. The molecule has 0 atom stereocenters. The zero-order valence-corrected chi connectivity index (χ0v) is 29.0. The van der Waals surface area contributed by atoms with Gasteiger partial charge in [0, 0.05) is 8.04 Å². The first-order valence-electron chi connectivity index (χ1n) is 16.2. The standard InChI is InChI=1S/C36H56BrI/c1-5-9-13-17-21-29-27-35(37)31(23-19-15-11-7-3)25-33(29)34-26-32(24-20-16-12-8-4)36(38)28-30(34)22-18-14-10-6-2/h25-28H,5-24H2,1-4H3. The third-order valence-corrected chi connectivity index (χ3v) is 9.78. The van der Waals surface area contributed by atoms with Gasteiger partial charge in [-0.15, -0.1) is 0 Å². The Kier molecular flexibility index (Phi) is 18.3. The van der Waals surface area contributed by atoms with Crippen LogP contribution in [0.15, 0.2) is 28.7 Å². The summed E-state index contributed by atoms with van der Waals surface area (Å²) < 4.78 is 2.81. The van der Waals surface area contributed by atoms with Crippen LogP contribution in [0, 0.1) is 3.57 Å². The first-order chi connectivity index (χ1) is 18.5. The molecule has 0 aliphatic rings. The summed E-state index contributed by atoms with van der Waals surface area (Å²) in [5.41, 5.74) is 9.29. The molecule has 0 aliphatic heterocycles. The molecule has 0 nitrogen and oxygen atoms in total. The molecule has 0 fully saturated rings. The summed E-state index contributed by atoms with van der Waals surface area (Å²) in [6, 6.07) is 10.3. The lowest BCUT2D eigenvalue weighted by atomic mass is 9.87. The molecular weight excluding hydrogens is 639 g/mol. The van der Waals surface area contributed by atoms with Gasteiger partial charge in [0.1, 0.15) is 0 Å². The Morgan fingerprint density at radius 1 is 0.447 bits per heavy atom. The zero-order chi connectivity index (χ0) is 27.6. The third kappa shape index (κ3) is 12.0. The Morgan fingerprint density at radius 3 is 1.26 bits per heavy atom. The van der Waals surface area contributed by atoms with Gasteiger partial charge in [0.05, 0.1) is 0 Å². The van der Waals surface area contributed by atoms with Crippen molar-refractivity contribution in [2.45, 2.75) is 156 Å². The van der Waals surface area contributed by atoms with E-state index in [-0.39, 0.29) is 0 Å². The molecule has 2 aromatic rings. The van der Waals surface area contributed by atoms with E-state index in [2.05, 4.69) is 90.5 Å². The second kappa shape index (κ2) is 20.5. The van der Waals surface area contributed by atoms with Crippen molar-refractivity contribution in [1.29, 1.82) is 0 Å². The van der Waals surface area contributed by atoms with Gasteiger partial charge in [-0.2, -0.15) is 0 Å². The maximum atomic E-state index is 4.00. The fraction of sp³-hybridized carbons (Fsp3) is 0.667. The average Bonchev–Trinajstić information content (AvgIpc) is 2.91. The largest absolute Gasteiger partial charge is 0.0654 e. The van der Waals surface area contributed by atoms with Crippen molar-refractivity contribution in [1.82, 2.24) is 0 Å². The van der Waals surface area contributed by atoms with Crippen LogP contribution in [-0.4, -0.2) is 0 Å². The topological polar surface area (TPSA) is 0 Å². The van der Waals surface area contributed by atoms with E-state index >= 15 is 0 Å². The van der Waals surface area contributed by atoms with E-state index < -0.39 is 0 Å². The van der Waals surface area contributed by atoms with Crippen molar-refractivity contribution < 1.29 is 0 Å². The van der Waals surface area contributed by atoms with Crippen LogP contribution < -0.4 is 0 Å². The third-order valence-electron chi connectivity index (χ3n) is 8.03. The van der Waals surface area contributed by atoms with E-state index in [1.165, 1.54) is 148 Å². The van der Waals surface area contributed by atoms with Gasteiger partial charge in [-0.25, -0.2) is 0 Å². The fourth-order valence-corrected chi connectivity index (χ4v) is 6.98. The van der Waals surface area contributed by atoms with Gasteiger partial charge in [-0.3, -0.25) is 0 Å². The lowest BCUT2D eigenvalue weighted by Crippen LogP contribution is -2.02. The van der Waals surface area contributed by atoms with E-state index in [1.54, 1.807) is 22.3 Å². The molecule has 0 aromatic heterocycles. The van der Waals surface area contributed by atoms with E-state index in [0.29, 0.717) is 0 Å². The Labute approximate surface area is 258 Å². The average molecular weight is 696 g/mol. The number of benzene rings is 2. The van der Waals surface area contributed by atoms with Gasteiger partial charge in [-0.1, -0.05) is 121 Å². The number of hydrogen-bond donors (Lipinski definition) is 0. The lowest BCUT2D eigenvalue weighted by molar-refractivity contribution is 0.661. The molecule has 38 heavy (non-hydrogen) atoms. The van der Waals surface area contributed by atoms with Crippen LogP contribution in [0.3, 0.4) is 0 Å². The van der Waals surface area contributed by atoms with E-state index in [9.17, 15) is 0 Å². The first kappa shape index (κ1) is 33.9. The van der Waals surface area contributed by atoms with Crippen molar-refractivity contribution in [3.05, 3.63) is 54.6 Å². The van der Waals surface area contributed by atoms with Crippen molar-refractivity contribution in [3.8, 4) is 11.1 Å². The smallest absolute Gasteiger partial charge is 0.0210 e. The maximum absolute atomic E-state index is 4.00. The van der Waals surface area contributed by atoms with Crippen molar-refractivity contribution >= 4 is 38.5 Å². The van der Waals surface area contributed by atoms with E-state index in [0.717, 1.165) is 0 Å². The monoisotopic (exact) mass is 694 g/mol. The summed E-state index contributed by atoms with van der Waals surface area (Å²) in [5.74, 6) is 0. The molecule has 0 bridgehead atoms. The highest BCUT2D eigenvalue weighted by molar-refractivity contribution is 14.1. The highest BCUT2D eigenvalue weighted by Gasteiger charge is 2.16. The first-order valence-corrected chi connectivity index (χ1v) is 18.1. The predicted molar refractivity (Wildman–Crippen MR) is 184 cm³/mol. The summed E-state index contributed by atoms with van der Waals surface area (Å²) in [6.45, 7) is 9.24. The molecule has 0 aliphatic carbocycles. The van der Waals surface area contributed by atoms with Crippen molar-refractivity contribution in [2.24, 2.45) is 0 Å². The summed E-state index contributed by atoms with van der Waals surface area (Å²) in [7, 11) is 0. The number of hydrogen-bond acceptors (Lipinski definition) is 0. The molecule has 0 saturated carbocycles. The molecule has 0 amide bonds. The fourth-order valence-electron chi connectivity index (χ4n) is 5.59. The minimum atomic E-state index is 1.18. The number of rotatable bonds is 21. The number of aryl methyl sites for hydroxylation is 4. The molecule has 214 valence electrons. The van der Waals surface area contributed by atoms with Crippen LogP contribution >= 0.6 is 38.5 Å². The molecule has 2 rings (SSSR count). The van der Waals surface area contributed by atoms with Gasteiger partial charge in [0.25, 0.3) is 0 Å². The second-order valence-corrected chi connectivity index (χ2v) is 13.5. The molecule has 2 aromatic carbocycles. The van der Waals surface area contributed by atoms with Gasteiger partial charge in [-0.05, 0) is 132 Å². The summed E-state index contributed by atoms with van der Waals surface area (Å²) in [6.07, 6.45) is 26.0. The van der Waals surface area contributed by atoms with Gasteiger partial charge in [0.2, 0.25) is 0 Å². The van der Waals surface area contributed by atoms with Gasteiger partial charge < -0.3 is 0 Å². The quantitative estimate of drug-likeness (QED) is 0.0901. The molecule has 0 radical (unpaired) electrons. The molecule has 0 spiro atoms. The van der Waals surface area contributed by atoms with Crippen LogP contribution in [0.2, 0.25) is 0 Å². The van der Waals surface area contributed by atoms with E-state index in [4.69, 9.17) is 0 Å². The number of unbranched alkanes of at least 4 members (excludes halogenated alkanes) is 12. The van der Waals surface area contributed by atoms with Crippen LogP contribution in [0.4, 0.5) is 0 Å². The van der Waals surface area contributed by atoms with Gasteiger partial charge >= 0.3 is 0 Å². The van der Waals surface area contributed by atoms with Crippen molar-refractivity contribution in [3.63, 3.8) is 0 Å². The summed E-state index contributed by atoms with van der Waals surface area (Å²) in [4.78, 5) is 0. The number of halogens is 2. The van der Waals surface area contributed by atoms with Crippen LogP contribution in [0.25, 0.3) is 11.1 Å². The van der Waals surface area contributed by atoms with Crippen LogP contribution in [-0.2, 0) is 25.7 Å². The predicted octanol–water partition coefficient (Wildman–Crippen LogP) is 13.2. The molecule has 0 saturated heterocycles. The Bertz CT molecular complexity index is 841.